The van der Waals surface area contributed by atoms with Gasteiger partial charge in [0.1, 0.15) is 0 Å². The molecule has 0 fully saturated rings. The molecule has 1 aromatic carbocycles. The lowest BCUT2D eigenvalue weighted by atomic mass is 10.3. The summed E-state index contributed by atoms with van der Waals surface area (Å²) in [6.07, 6.45) is -0.677. The molecular formula is C12H17N3O4S2. The number of benzene rings is 1. The zero-order valence-electron chi connectivity index (χ0n) is 11.7. The molecule has 116 valence electrons. The number of methoxy groups -OCH3 is 2. The van der Waals surface area contributed by atoms with E-state index in [1.165, 1.54) is 7.11 Å². The van der Waals surface area contributed by atoms with Crippen molar-refractivity contribution in [2.75, 3.05) is 37.6 Å². The Morgan fingerprint density at radius 1 is 1.43 bits per heavy atom. The largest absolute Gasteiger partial charge is 0.453 e. The number of alkyl carbamates (subject to hydrolysis) is 1. The summed E-state index contributed by atoms with van der Waals surface area (Å²) in [6.45, 7) is 0.402. The summed E-state index contributed by atoms with van der Waals surface area (Å²) >= 11 is 4.92. The smallest absolute Gasteiger partial charge is 0.413 e. The molecule has 1 amide bonds. The predicted molar refractivity (Wildman–Crippen MR) is 85.8 cm³/mol. The van der Waals surface area contributed by atoms with E-state index in [0.717, 1.165) is 0 Å². The monoisotopic (exact) mass is 331 g/mol. The minimum Gasteiger partial charge on any atom is -0.453 e. The molecule has 1 aromatic rings. The topological polar surface area (TPSA) is 103 Å². The van der Waals surface area contributed by atoms with E-state index in [4.69, 9.17) is 22.7 Å². The Morgan fingerprint density at radius 3 is 2.71 bits per heavy atom. The second-order valence-electron chi connectivity index (χ2n) is 3.86. The number of hydrogen-bond donors (Lipinski definition) is 3. The maximum absolute atomic E-state index is 11.9. The number of nitrogen functional groups attached to an aromatic ring is 1. The molecule has 0 saturated carbocycles. The first-order chi connectivity index (χ1) is 9.97. The van der Waals surface area contributed by atoms with E-state index in [1.807, 2.05) is 0 Å². The summed E-state index contributed by atoms with van der Waals surface area (Å²) < 4.78 is 21.2. The minimum absolute atomic E-state index is 0.0572. The van der Waals surface area contributed by atoms with Gasteiger partial charge in [0.25, 0.3) is 0 Å². The number of amides is 1. The molecule has 0 aliphatic rings. The van der Waals surface area contributed by atoms with Crippen LogP contribution in [0.1, 0.15) is 0 Å². The summed E-state index contributed by atoms with van der Waals surface area (Å²) in [5.74, 6) is 0.394. The van der Waals surface area contributed by atoms with Gasteiger partial charge >= 0.3 is 6.09 Å². The molecule has 0 aromatic heterocycles. The van der Waals surface area contributed by atoms with E-state index in [1.54, 1.807) is 25.3 Å². The van der Waals surface area contributed by atoms with Gasteiger partial charge in [-0.25, -0.2) is 4.79 Å². The van der Waals surface area contributed by atoms with Gasteiger partial charge in [-0.1, -0.05) is 0 Å². The average Bonchev–Trinajstić information content (AvgIpc) is 2.46. The van der Waals surface area contributed by atoms with E-state index < -0.39 is 16.9 Å². The molecule has 9 heteroatoms. The first-order valence-electron chi connectivity index (χ1n) is 5.90. The number of anilines is 2. The van der Waals surface area contributed by atoms with Crippen molar-refractivity contribution >= 4 is 45.6 Å². The number of ether oxygens (including phenoxy) is 2. The molecule has 1 atom stereocenters. The SMILES string of the molecule is COCCS(=O)c1ccc(NC(=S)NC(=O)OC)c(N)c1. The summed E-state index contributed by atoms with van der Waals surface area (Å²) in [7, 11) is 1.60. The maximum atomic E-state index is 11.9. The van der Waals surface area contributed by atoms with E-state index in [9.17, 15) is 9.00 Å². The van der Waals surface area contributed by atoms with Gasteiger partial charge in [0, 0.05) is 12.0 Å². The zero-order chi connectivity index (χ0) is 15.8. The number of carbonyl (C=O) groups is 1. The fourth-order valence-electron chi connectivity index (χ4n) is 1.37. The summed E-state index contributed by atoms with van der Waals surface area (Å²) in [6, 6.07) is 4.90. The molecule has 0 radical (unpaired) electrons. The van der Waals surface area contributed by atoms with Crippen molar-refractivity contribution in [1.82, 2.24) is 5.32 Å². The molecular weight excluding hydrogens is 314 g/mol. The van der Waals surface area contributed by atoms with Crippen molar-refractivity contribution in [2.24, 2.45) is 0 Å². The van der Waals surface area contributed by atoms with Crippen molar-refractivity contribution in [1.29, 1.82) is 0 Å². The van der Waals surface area contributed by atoms with Crippen LogP contribution in [0.25, 0.3) is 0 Å². The van der Waals surface area contributed by atoms with Crippen LogP contribution in [-0.4, -0.2) is 42.0 Å². The van der Waals surface area contributed by atoms with E-state index in [2.05, 4.69) is 15.4 Å². The van der Waals surface area contributed by atoms with Gasteiger partial charge in [-0.05, 0) is 30.4 Å². The number of thiocarbonyl (C=S) groups is 1. The number of nitrogens with one attached hydrogen (secondary N) is 2. The van der Waals surface area contributed by atoms with Crippen LogP contribution < -0.4 is 16.4 Å². The number of rotatable bonds is 5. The molecule has 0 saturated heterocycles. The minimum atomic E-state index is -1.18. The Balaban J connectivity index is 2.72. The van der Waals surface area contributed by atoms with Crippen molar-refractivity contribution in [3.05, 3.63) is 18.2 Å². The van der Waals surface area contributed by atoms with Crippen LogP contribution in [0.2, 0.25) is 0 Å². The van der Waals surface area contributed by atoms with Gasteiger partial charge in [0.15, 0.2) is 5.11 Å². The zero-order valence-corrected chi connectivity index (χ0v) is 13.3. The third-order valence-electron chi connectivity index (χ3n) is 2.41. The molecule has 0 heterocycles. The van der Waals surface area contributed by atoms with Crippen LogP contribution in [-0.2, 0) is 20.3 Å². The lowest BCUT2D eigenvalue weighted by Crippen LogP contribution is -2.34. The molecule has 0 aliphatic heterocycles. The fraction of sp³-hybridized carbons (Fsp3) is 0.333. The van der Waals surface area contributed by atoms with Gasteiger partial charge in [0.2, 0.25) is 0 Å². The maximum Gasteiger partial charge on any atom is 0.413 e. The van der Waals surface area contributed by atoms with Crippen molar-refractivity contribution in [3.63, 3.8) is 0 Å². The third kappa shape index (κ3) is 5.66. The first-order valence-corrected chi connectivity index (χ1v) is 7.63. The molecule has 4 N–H and O–H groups in total. The van der Waals surface area contributed by atoms with Crippen LogP contribution in [0.3, 0.4) is 0 Å². The highest BCUT2D eigenvalue weighted by atomic mass is 32.2. The van der Waals surface area contributed by atoms with Crippen LogP contribution in [0, 0.1) is 0 Å². The number of carbonyl (C=O) groups excluding carboxylic acids is 1. The molecule has 1 unspecified atom stereocenters. The second kappa shape index (κ2) is 8.55. The van der Waals surface area contributed by atoms with E-state index >= 15 is 0 Å². The number of hydrogen-bond acceptors (Lipinski definition) is 6. The Bertz CT molecular complexity index is 551. The highest BCUT2D eigenvalue weighted by Crippen LogP contribution is 2.21. The summed E-state index contributed by atoms with van der Waals surface area (Å²) in [4.78, 5) is 11.6. The van der Waals surface area contributed by atoms with Crippen LogP contribution >= 0.6 is 12.2 Å². The van der Waals surface area contributed by atoms with E-state index in [-0.39, 0.29) is 5.11 Å². The quantitative estimate of drug-likeness (QED) is 0.548. The van der Waals surface area contributed by atoms with Crippen molar-refractivity contribution < 1.29 is 18.5 Å². The highest BCUT2D eigenvalue weighted by Gasteiger charge is 2.09. The first kappa shape index (κ1) is 17.3. The fourth-order valence-corrected chi connectivity index (χ4v) is 2.60. The second-order valence-corrected chi connectivity index (χ2v) is 5.84. The van der Waals surface area contributed by atoms with Crippen molar-refractivity contribution in [3.8, 4) is 0 Å². The van der Waals surface area contributed by atoms with Crippen molar-refractivity contribution in [2.45, 2.75) is 4.90 Å². The van der Waals surface area contributed by atoms with Crippen LogP contribution in [0.15, 0.2) is 23.1 Å². The Morgan fingerprint density at radius 2 is 2.14 bits per heavy atom. The summed E-state index contributed by atoms with van der Waals surface area (Å²) in [5, 5.41) is 5.11. The normalized spacial score (nSPS) is 11.5. The standard InChI is InChI=1S/C12H17N3O4S2/c1-18-5-6-21(17)8-3-4-10(9(13)7-8)14-11(20)15-12(16)19-2/h3-4,7H,5-6,13H2,1-2H3,(H2,14,15,16,20). The van der Waals surface area contributed by atoms with Crippen LogP contribution in [0.5, 0.6) is 0 Å². The molecule has 0 spiro atoms. The molecule has 7 nitrogen and oxygen atoms in total. The molecule has 0 aliphatic carbocycles. The van der Waals surface area contributed by atoms with Crippen LogP contribution in [0.4, 0.5) is 16.2 Å². The highest BCUT2D eigenvalue weighted by molar-refractivity contribution is 7.85. The Hall–Kier alpha value is -1.71. The molecule has 1 rings (SSSR count). The van der Waals surface area contributed by atoms with Gasteiger partial charge in [0.05, 0.1) is 41.6 Å². The Kier molecular flexibility index (Phi) is 7.06. The summed E-state index contributed by atoms with van der Waals surface area (Å²) in [5.41, 5.74) is 6.74. The third-order valence-corrected chi connectivity index (χ3v) is 3.93. The lowest BCUT2D eigenvalue weighted by Gasteiger charge is -2.12. The van der Waals surface area contributed by atoms with Gasteiger partial charge in [-0.2, -0.15) is 0 Å². The average molecular weight is 331 g/mol. The van der Waals surface area contributed by atoms with Gasteiger partial charge in [-0.3, -0.25) is 9.53 Å². The van der Waals surface area contributed by atoms with Gasteiger partial charge < -0.3 is 20.5 Å². The van der Waals surface area contributed by atoms with Gasteiger partial charge in [-0.15, -0.1) is 0 Å². The predicted octanol–water partition coefficient (Wildman–Crippen LogP) is 1.08. The molecule has 0 bridgehead atoms. The van der Waals surface area contributed by atoms with E-state index in [0.29, 0.717) is 28.6 Å². The lowest BCUT2D eigenvalue weighted by molar-refractivity contribution is 0.177. The Labute approximate surface area is 130 Å². The molecule has 21 heavy (non-hydrogen) atoms. The number of nitrogens with two attached hydrogens (primary N) is 1.